The first kappa shape index (κ1) is 19.1. The molecule has 140 valence electrons. The molecule has 27 heavy (non-hydrogen) atoms. The van der Waals surface area contributed by atoms with Gasteiger partial charge in [-0.1, -0.05) is 59.2 Å². The van der Waals surface area contributed by atoms with Crippen LogP contribution in [-0.4, -0.2) is 30.1 Å². The molecule has 6 heteroatoms. The lowest BCUT2D eigenvalue weighted by Gasteiger charge is -2.10. The summed E-state index contributed by atoms with van der Waals surface area (Å²) in [5.41, 5.74) is 3.80. The van der Waals surface area contributed by atoms with Crippen molar-refractivity contribution in [2.75, 3.05) is 14.1 Å². The van der Waals surface area contributed by atoms with Gasteiger partial charge in [-0.2, -0.15) is 0 Å². The van der Waals surface area contributed by atoms with Gasteiger partial charge in [0.05, 0.1) is 5.02 Å². The van der Waals surface area contributed by atoms with E-state index in [0.29, 0.717) is 34.1 Å². The molecule has 0 aliphatic heterocycles. The van der Waals surface area contributed by atoms with Crippen LogP contribution in [-0.2, 0) is 13.1 Å². The molecule has 0 radical (unpaired) electrons. The number of carbonyl (C=O) groups is 1. The predicted molar refractivity (Wildman–Crippen MR) is 107 cm³/mol. The fourth-order valence-electron chi connectivity index (χ4n) is 2.88. The van der Waals surface area contributed by atoms with Gasteiger partial charge in [0, 0.05) is 18.7 Å². The molecule has 1 amide bonds. The highest BCUT2D eigenvalue weighted by atomic mass is 35.5. The lowest BCUT2D eigenvalue weighted by Crippen LogP contribution is -2.23. The Bertz CT molecular complexity index is 933. The van der Waals surface area contributed by atoms with E-state index >= 15 is 0 Å². The Morgan fingerprint density at radius 3 is 2.44 bits per heavy atom. The number of hydrogen-bond donors (Lipinski definition) is 1. The molecule has 0 fully saturated rings. The number of benzene rings is 2. The molecule has 0 aliphatic carbocycles. The number of nitrogens with one attached hydrogen (secondary N) is 1. The summed E-state index contributed by atoms with van der Waals surface area (Å²) in [5.74, 6) is 0.227. The first-order valence-corrected chi connectivity index (χ1v) is 9.05. The number of aromatic nitrogens is 1. The minimum atomic E-state index is -0.235. The second-order valence-electron chi connectivity index (χ2n) is 6.68. The van der Waals surface area contributed by atoms with Crippen molar-refractivity contribution in [2.45, 2.75) is 20.0 Å². The van der Waals surface area contributed by atoms with E-state index in [9.17, 15) is 4.79 Å². The monoisotopic (exact) mass is 383 g/mol. The van der Waals surface area contributed by atoms with Crippen molar-refractivity contribution in [2.24, 2.45) is 0 Å². The van der Waals surface area contributed by atoms with E-state index in [2.05, 4.69) is 27.5 Å². The molecule has 0 atom stereocenters. The maximum absolute atomic E-state index is 12.8. The highest BCUT2D eigenvalue weighted by molar-refractivity contribution is 6.33. The summed E-state index contributed by atoms with van der Waals surface area (Å²) in [6, 6.07) is 15.4. The molecule has 0 spiro atoms. The molecule has 5 nitrogen and oxygen atoms in total. The van der Waals surface area contributed by atoms with E-state index in [1.807, 2.05) is 44.4 Å². The molecule has 0 saturated heterocycles. The highest BCUT2D eigenvalue weighted by Gasteiger charge is 2.22. The summed E-state index contributed by atoms with van der Waals surface area (Å²) in [6.45, 7) is 3.03. The smallest absolute Gasteiger partial charge is 0.257 e. The zero-order chi connectivity index (χ0) is 19.4. The molecule has 1 N–H and O–H groups in total. The van der Waals surface area contributed by atoms with Gasteiger partial charge in [0.1, 0.15) is 17.0 Å². The molecule has 3 rings (SSSR count). The summed E-state index contributed by atoms with van der Waals surface area (Å²) in [5, 5.41) is 7.50. The third-order valence-electron chi connectivity index (χ3n) is 4.19. The van der Waals surface area contributed by atoms with E-state index in [0.717, 1.165) is 12.1 Å². The average molecular weight is 384 g/mol. The number of halogens is 1. The Hall–Kier alpha value is -2.63. The van der Waals surface area contributed by atoms with Crippen LogP contribution < -0.4 is 5.32 Å². The first-order valence-electron chi connectivity index (χ1n) is 8.67. The van der Waals surface area contributed by atoms with Crippen molar-refractivity contribution in [3.8, 4) is 11.3 Å². The van der Waals surface area contributed by atoms with Crippen LogP contribution in [0, 0.1) is 6.92 Å². The Morgan fingerprint density at radius 2 is 1.78 bits per heavy atom. The summed E-state index contributed by atoms with van der Waals surface area (Å²) in [7, 11) is 4.07. The molecular weight excluding hydrogens is 362 g/mol. The topological polar surface area (TPSA) is 58.4 Å². The summed E-state index contributed by atoms with van der Waals surface area (Å²) in [6.07, 6.45) is 0. The van der Waals surface area contributed by atoms with Crippen LogP contribution in [0.4, 0.5) is 0 Å². The molecule has 3 aromatic rings. The fraction of sp³-hybridized carbons (Fsp3) is 0.238. The average Bonchev–Trinajstić information content (AvgIpc) is 3.02. The van der Waals surface area contributed by atoms with Crippen molar-refractivity contribution in [1.29, 1.82) is 0 Å². The van der Waals surface area contributed by atoms with Crippen LogP contribution in [0.2, 0.25) is 5.02 Å². The third kappa shape index (κ3) is 4.56. The van der Waals surface area contributed by atoms with Crippen LogP contribution in [0.15, 0.2) is 53.1 Å². The maximum atomic E-state index is 12.8. The van der Waals surface area contributed by atoms with Gasteiger partial charge in [-0.25, -0.2) is 0 Å². The van der Waals surface area contributed by atoms with Crippen molar-refractivity contribution in [1.82, 2.24) is 15.4 Å². The van der Waals surface area contributed by atoms with Gasteiger partial charge in [0.25, 0.3) is 5.91 Å². The summed E-state index contributed by atoms with van der Waals surface area (Å²) >= 11 is 6.25. The van der Waals surface area contributed by atoms with Crippen LogP contribution in [0.5, 0.6) is 0 Å². The maximum Gasteiger partial charge on any atom is 0.257 e. The van der Waals surface area contributed by atoms with Crippen molar-refractivity contribution in [3.05, 3.63) is 76.0 Å². The van der Waals surface area contributed by atoms with E-state index in [-0.39, 0.29) is 5.91 Å². The molecule has 0 aliphatic rings. The van der Waals surface area contributed by atoms with Gasteiger partial charge in [-0.3, -0.25) is 4.79 Å². The molecule has 1 aromatic heterocycles. The largest absolute Gasteiger partial charge is 0.360 e. The quantitative estimate of drug-likeness (QED) is 0.689. The standard InChI is InChI=1S/C21H22ClN3O2/c1-14-19(20(24-27-14)17-6-4-5-7-18(17)22)21(26)23-12-15-8-10-16(11-9-15)13-25(2)3/h4-11H,12-13H2,1-3H3,(H,23,26). The van der Waals surface area contributed by atoms with Gasteiger partial charge in [0.15, 0.2) is 0 Å². The molecule has 0 unspecified atom stereocenters. The lowest BCUT2D eigenvalue weighted by molar-refractivity contribution is 0.0950. The highest BCUT2D eigenvalue weighted by Crippen LogP contribution is 2.30. The zero-order valence-electron chi connectivity index (χ0n) is 15.6. The van der Waals surface area contributed by atoms with Gasteiger partial charge >= 0.3 is 0 Å². The van der Waals surface area contributed by atoms with Gasteiger partial charge in [-0.05, 0) is 38.2 Å². The van der Waals surface area contributed by atoms with Crippen molar-refractivity contribution < 1.29 is 9.32 Å². The van der Waals surface area contributed by atoms with E-state index < -0.39 is 0 Å². The number of rotatable bonds is 6. The van der Waals surface area contributed by atoms with Crippen molar-refractivity contribution >= 4 is 17.5 Å². The van der Waals surface area contributed by atoms with E-state index in [1.165, 1.54) is 5.56 Å². The summed E-state index contributed by atoms with van der Waals surface area (Å²) < 4.78 is 5.26. The van der Waals surface area contributed by atoms with Crippen LogP contribution >= 0.6 is 11.6 Å². The normalized spacial score (nSPS) is 11.0. The number of nitrogens with zero attached hydrogens (tertiary/aromatic N) is 2. The number of aryl methyl sites for hydroxylation is 1. The Labute approximate surface area is 163 Å². The third-order valence-corrected chi connectivity index (χ3v) is 4.52. The Morgan fingerprint density at radius 1 is 1.11 bits per heavy atom. The van der Waals surface area contributed by atoms with Crippen LogP contribution in [0.1, 0.15) is 27.2 Å². The minimum Gasteiger partial charge on any atom is -0.360 e. The Balaban J connectivity index is 1.74. The fourth-order valence-corrected chi connectivity index (χ4v) is 3.10. The number of carbonyl (C=O) groups excluding carboxylic acids is 1. The van der Waals surface area contributed by atoms with E-state index in [1.54, 1.807) is 13.0 Å². The number of amides is 1. The van der Waals surface area contributed by atoms with Crippen LogP contribution in [0.3, 0.4) is 0 Å². The predicted octanol–water partition coefficient (Wildman–Crippen LogP) is 4.30. The lowest BCUT2D eigenvalue weighted by atomic mass is 10.1. The molecule has 0 saturated carbocycles. The van der Waals surface area contributed by atoms with Crippen LogP contribution in [0.25, 0.3) is 11.3 Å². The van der Waals surface area contributed by atoms with Crippen molar-refractivity contribution in [3.63, 3.8) is 0 Å². The first-order chi connectivity index (χ1) is 13.0. The number of hydrogen-bond acceptors (Lipinski definition) is 4. The second kappa shape index (κ2) is 8.37. The molecule has 2 aromatic carbocycles. The van der Waals surface area contributed by atoms with E-state index in [4.69, 9.17) is 16.1 Å². The molecule has 0 bridgehead atoms. The Kier molecular flexibility index (Phi) is 5.94. The zero-order valence-corrected chi connectivity index (χ0v) is 16.4. The van der Waals surface area contributed by atoms with Gasteiger partial charge in [0.2, 0.25) is 0 Å². The minimum absolute atomic E-state index is 0.235. The molecular formula is C21H22ClN3O2. The summed E-state index contributed by atoms with van der Waals surface area (Å²) in [4.78, 5) is 14.9. The van der Waals surface area contributed by atoms with Gasteiger partial charge < -0.3 is 14.7 Å². The SMILES string of the molecule is Cc1onc(-c2ccccc2Cl)c1C(=O)NCc1ccc(CN(C)C)cc1. The second-order valence-corrected chi connectivity index (χ2v) is 7.09. The van der Waals surface area contributed by atoms with Gasteiger partial charge in [-0.15, -0.1) is 0 Å². The molecule has 1 heterocycles.